The summed E-state index contributed by atoms with van der Waals surface area (Å²) in [7, 11) is 0. The molecule has 2 aromatic rings. The highest BCUT2D eigenvalue weighted by Crippen LogP contribution is 2.32. The van der Waals surface area contributed by atoms with Gasteiger partial charge in [0.25, 0.3) is 0 Å². The number of esters is 1. The predicted octanol–water partition coefficient (Wildman–Crippen LogP) is 6.35. The molecule has 9 heteroatoms. The number of ether oxygens (including phenoxy) is 1. The van der Waals surface area contributed by atoms with E-state index in [0.29, 0.717) is 22.5 Å². The van der Waals surface area contributed by atoms with Crippen LogP contribution in [0.25, 0.3) is 5.70 Å². The molecule has 3 rings (SSSR count). The van der Waals surface area contributed by atoms with Crippen molar-refractivity contribution in [3.05, 3.63) is 89.4 Å². The van der Waals surface area contributed by atoms with E-state index in [2.05, 4.69) is 0 Å². The van der Waals surface area contributed by atoms with Gasteiger partial charge in [0, 0.05) is 24.6 Å². The Morgan fingerprint density at radius 1 is 1.02 bits per heavy atom. The molecule has 40 heavy (non-hydrogen) atoms. The molecule has 0 spiro atoms. The third-order valence-electron chi connectivity index (χ3n) is 6.35. The number of aliphatic hydroxyl groups excluding tert-OH is 1. The summed E-state index contributed by atoms with van der Waals surface area (Å²) >= 11 is 0. The quantitative estimate of drug-likeness (QED) is 0.230. The molecule has 2 aromatic carbocycles. The van der Waals surface area contributed by atoms with Crippen LogP contribution in [0.2, 0.25) is 0 Å². The maximum Gasteiger partial charge on any atom is 0.306 e. The number of allylic oxidation sites excluding steroid dienone is 1. The van der Waals surface area contributed by atoms with Gasteiger partial charge in [-0.15, -0.1) is 0 Å². The first-order valence-electron chi connectivity index (χ1n) is 13.4. The van der Waals surface area contributed by atoms with Crippen molar-refractivity contribution < 1.29 is 32.6 Å². The van der Waals surface area contributed by atoms with Crippen LogP contribution < -0.4 is 0 Å². The van der Waals surface area contributed by atoms with Gasteiger partial charge in [-0.1, -0.05) is 27.2 Å². The minimum Gasteiger partial charge on any atom is -0.466 e. The Kier molecular flexibility index (Phi) is 11.3. The van der Waals surface area contributed by atoms with Crippen LogP contribution >= 0.6 is 0 Å². The molecule has 2 atom stereocenters. The average Bonchev–Trinajstić information content (AvgIpc) is 2.93. The van der Waals surface area contributed by atoms with E-state index in [4.69, 9.17) is 9.73 Å². The normalized spacial score (nSPS) is 16.4. The number of aliphatic imine (C=N–C) groups is 1. The van der Waals surface area contributed by atoms with Crippen LogP contribution in [0.15, 0.2) is 71.6 Å². The van der Waals surface area contributed by atoms with E-state index in [-0.39, 0.29) is 25.4 Å². The van der Waals surface area contributed by atoms with Gasteiger partial charge in [0.1, 0.15) is 35.5 Å². The Bertz CT molecular complexity index is 1250. The number of ketones is 1. The molecule has 0 aliphatic carbocycles. The van der Waals surface area contributed by atoms with Crippen LogP contribution in [-0.2, 0) is 14.3 Å². The van der Waals surface area contributed by atoms with Crippen molar-refractivity contribution in [3.8, 4) is 0 Å². The molecule has 0 radical (unpaired) electrons. The number of carbonyl (C=O) groups is 2. The minimum atomic E-state index is -1.73. The summed E-state index contributed by atoms with van der Waals surface area (Å²) < 4.78 is 47.6. The fourth-order valence-corrected chi connectivity index (χ4v) is 4.11. The number of aliphatic hydroxyl groups is 1. The lowest BCUT2D eigenvalue weighted by molar-refractivity contribution is -0.145. The summed E-state index contributed by atoms with van der Waals surface area (Å²) in [6.07, 6.45) is 1.21. The van der Waals surface area contributed by atoms with Crippen LogP contribution in [0.5, 0.6) is 0 Å². The summed E-state index contributed by atoms with van der Waals surface area (Å²) in [5.74, 6) is -2.92. The van der Waals surface area contributed by atoms with E-state index in [1.807, 2.05) is 20.8 Å². The number of halogens is 3. The zero-order valence-corrected chi connectivity index (χ0v) is 22.9. The maximum atomic E-state index is 15.3. The van der Waals surface area contributed by atoms with Gasteiger partial charge in [0.2, 0.25) is 0 Å². The van der Waals surface area contributed by atoms with E-state index >= 15 is 4.39 Å². The second-order valence-corrected chi connectivity index (χ2v) is 9.97. The molecule has 0 saturated carbocycles. The van der Waals surface area contributed by atoms with Crippen molar-refractivity contribution in [1.29, 1.82) is 0 Å². The Morgan fingerprint density at radius 3 is 2.20 bits per heavy atom. The van der Waals surface area contributed by atoms with Gasteiger partial charge in [-0.05, 0) is 72.5 Å². The van der Waals surface area contributed by atoms with Gasteiger partial charge in [-0.2, -0.15) is 0 Å². The maximum absolute atomic E-state index is 15.3. The molecule has 1 heterocycles. The number of carbonyl (C=O) groups excluding carboxylic acids is 2. The second-order valence-electron chi connectivity index (χ2n) is 9.97. The van der Waals surface area contributed by atoms with E-state index in [1.54, 1.807) is 35.2 Å². The van der Waals surface area contributed by atoms with Gasteiger partial charge in [0.15, 0.2) is 0 Å². The standard InChI is InChI=1S/C31H35F3N2O4/c1-4-5-16-40-30(39)15-14-25(37)17-29(38)26(34)19-36-28(22-8-12-24(33)13-9-22)18-27(35-31(36)20(2)3)21-6-10-23(32)11-7-21/h6-13,18-20,29,31,38H,4-5,14-17H2,1-3H3/b26-19-. The Balaban J connectivity index is 1.85. The molecule has 0 aromatic heterocycles. The second kappa shape index (κ2) is 14.6. The molecule has 214 valence electrons. The summed E-state index contributed by atoms with van der Waals surface area (Å²) in [6, 6.07) is 11.5. The van der Waals surface area contributed by atoms with Crippen LogP contribution in [0.4, 0.5) is 13.2 Å². The number of Topliss-reactive ketones (excluding diaryl/α,β-unsaturated/α-hetero) is 1. The van der Waals surface area contributed by atoms with E-state index in [1.165, 1.54) is 24.3 Å². The highest BCUT2D eigenvalue weighted by atomic mass is 19.1. The summed E-state index contributed by atoms with van der Waals surface area (Å²) in [5.41, 5.74) is 2.23. The fraction of sp³-hybridized carbons (Fsp3) is 0.387. The van der Waals surface area contributed by atoms with Gasteiger partial charge < -0.3 is 14.7 Å². The van der Waals surface area contributed by atoms with Gasteiger partial charge >= 0.3 is 5.97 Å². The monoisotopic (exact) mass is 556 g/mol. The number of benzene rings is 2. The van der Waals surface area contributed by atoms with Crippen LogP contribution in [0.1, 0.15) is 64.0 Å². The topological polar surface area (TPSA) is 79.2 Å². The number of nitrogens with zero attached hydrogens (tertiary/aromatic N) is 2. The SMILES string of the molecule is CCCCOC(=O)CCC(=O)CC(O)/C(F)=C/N1C(c2ccc(F)cc2)=CC(c2ccc(F)cc2)=NC1C(C)C. The molecule has 0 saturated heterocycles. The van der Waals surface area contributed by atoms with Crippen molar-refractivity contribution in [2.45, 2.75) is 65.1 Å². The van der Waals surface area contributed by atoms with Crippen molar-refractivity contribution in [2.24, 2.45) is 10.9 Å². The highest BCUT2D eigenvalue weighted by Gasteiger charge is 2.29. The first kappa shape index (κ1) is 30.8. The molecule has 6 nitrogen and oxygen atoms in total. The first-order valence-corrected chi connectivity index (χ1v) is 13.4. The molecule has 1 aliphatic rings. The number of unbranched alkanes of at least 4 members (excludes halogenated alkanes) is 1. The smallest absolute Gasteiger partial charge is 0.306 e. The molecule has 2 unspecified atom stereocenters. The van der Waals surface area contributed by atoms with Gasteiger partial charge in [-0.25, -0.2) is 13.2 Å². The minimum absolute atomic E-state index is 0.138. The number of hydrogen-bond acceptors (Lipinski definition) is 6. The van der Waals surface area contributed by atoms with Crippen molar-refractivity contribution in [3.63, 3.8) is 0 Å². The van der Waals surface area contributed by atoms with E-state index in [9.17, 15) is 23.5 Å². The molecule has 0 amide bonds. The third-order valence-corrected chi connectivity index (χ3v) is 6.35. The molecular weight excluding hydrogens is 521 g/mol. The van der Waals surface area contributed by atoms with Crippen molar-refractivity contribution in [2.75, 3.05) is 6.61 Å². The van der Waals surface area contributed by atoms with E-state index < -0.39 is 47.9 Å². The van der Waals surface area contributed by atoms with Crippen molar-refractivity contribution in [1.82, 2.24) is 4.90 Å². The van der Waals surface area contributed by atoms with Crippen LogP contribution in [0, 0.1) is 17.6 Å². The Morgan fingerprint density at radius 2 is 1.62 bits per heavy atom. The highest BCUT2D eigenvalue weighted by molar-refractivity contribution is 6.13. The molecular formula is C31H35F3N2O4. The summed E-state index contributed by atoms with van der Waals surface area (Å²) in [6.45, 7) is 6.03. The number of hydrogen-bond donors (Lipinski definition) is 1. The van der Waals surface area contributed by atoms with E-state index in [0.717, 1.165) is 19.0 Å². The lowest BCUT2D eigenvalue weighted by Gasteiger charge is -2.36. The van der Waals surface area contributed by atoms with Gasteiger partial charge in [-0.3, -0.25) is 14.6 Å². The molecule has 1 aliphatic heterocycles. The molecule has 1 N–H and O–H groups in total. The third kappa shape index (κ3) is 8.64. The Labute approximate surface area is 232 Å². The number of rotatable bonds is 13. The first-order chi connectivity index (χ1) is 19.1. The summed E-state index contributed by atoms with van der Waals surface area (Å²) in [4.78, 5) is 30.4. The zero-order chi connectivity index (χ0) is 29.2. The lowest BCUT2D eigenvalue weighted by Crippen LogP contribution is -2.37. The average molecular weight is 557 g/mol. The van der Waals surface area contributed by atoms with Gasteiger partial charge in [0.05, 0.1) is 24.4 Å². The lowest BCUT2D eigenvalue weighted by atomic mass is 9.99. The van der Waals surface area contributed by atoms with Crippen LogP contribution in [-0.4, -0.2) is 46.3 Å². The largest absolute Gasteiger partial charge is 0.466 e. The van der Waals surface area contributed by atoms with Crippen LogP contribution in [0.3, 0.4) is 0 Å². The molecule has 0 bridgehead atoms. The summed E-state index contributed by atoms with van der Waals surface area (Å²) in [5, 5.41) is 10.5. The molecule has 0 fully saturated rings. The fourth-order valence-electron chi connectivity index (χ4n) is 4.11. The predicted molar refractivity (Wildman–Crippen MR) is 148 cm³/mol. The Hall–Kier alpha value is -3.72. The zero-order valence-electron chi connectivity index (χ0n) is 22.9. The van der Waals surface area contributed by atoms with Crippen molar-refractivity contribution >= 4 is 23.2 Å².